The van der Waals surface area contributed by atoms with E-state index in [4.69, 9.17) is 5.73 Å². The van der Waals surface area contributed by atoms with Gasteiger partial charge in [-0.3, -0.25) is 0 Å². The van der Waals surface area contributed by atoms with Crippen molar-refractivity contribution in [3.63, 3.8) is 0 Å². The Morgan fingerprint density at radius 3 is 2.71 bits per heavy atom. The average Bonchev–Trinajstić information content (AvgIpc) is 2.59. The van der Waals surface area contributed by atoms with Crippen LogP contribution in [0, 0.1) is 0 Å². The van der Waals surface area contributed by atoms with E-state index in [9.17, 15) is 13.2 Å². The Kier molecular flexibility index (Phi) is 2.99. The Balaban J connectivity index is 2.39. The van der Waals surface area contributed by atoms with Crippen molar-refractivity contribution in [3.8, 4) is 0 Å². The molecule has 0 bridgehead atoms. The molecule has 0 amide bonds. The normalized spacial score (nSPS) is 25.4. The van der Waals surface area contributed by atoms with Crippen LogP contribution < -0.4 is 10.6 Å². The molecule has 6 heteroatoms. The molecule has 1 saturated heterocycles. The molecular weight excluding hydrogens is 231 g/mol. The number of alkyl halides is 3. The first-order valence-electron chi connectivity index (χ1n) is 5.45. The zero-order chi connectivity index (χ0) is 12.6. The maximum absolute atomic E-state index is 12.8. The second kappa shape index (κ2) is 4.18. The van der Waals surface area contributed by atoms with Crippen LogP contribution in [0.2, 0.25) is 0 Å². The summed E-state index contributed by atoms with van der Waals surface area (Å²) in [6, 6.07) is 2.13. The lowest BCUT2D eigenvalue weighted by atomic mass is 10.1. The van der Waals surface area contributed by atoms with E-state index in [1.165, 1.54) is 12.3 Å². The number of halogens is 3. The maximum Gasteiger partial charge on any atom is 0.419 e. The topological polar surface area (TPSA) is 42.1 Å². The van der Waals surface area contributed by atoms with E-state index in [-0.39, 0.29) is 17.9 Å². The van der Waals surface area contributed by atoms with Gasteiger partial charge in [0.1, 0.15) is 5.82 Å². The fraction of sp³-hybridized carbons (Fsp3) is 0.545. The summed E-state index contributed by atoms with van der Waals surface area (Å²) in [6.45, 7) is 2.34. The van der Waals surface area contributed by atoms with Crippen molar-refractivity contribution < 1.29 is 13.2 Å². The molecule has 1 aliphatic heterocycles. The highest BCUT2D eigenvalue weighted by Gasteiger charge is 2.38. The molecule has 1 aliphatic rings. The summed E-state index contributed by atoms with van der Waals surface area (Å²) in [5.41, 5.74) is 5.12. The number of anilines is 1. The van der Waals surface area contributed by atoms with Gasteiger partial charge in [0, 0.05) is 24.8 Å². The van der Waals surface area contributed by atoms with Gasteiger partial charge >= 0.3 is 6.18 Å². The standard InChI is InChI=1S/C11H14F3N3/c1-7-9(15)4-6-17(7)10-8(11(12,13)14)3-2-5-16-10/h2-3,5,7,9H,4,6,15H2,1H3. The van der Waals surface area contributed by atoms with Crippen LogP contribution >= 0.6 is 0 Å². The smallest absolute Gasteiger partial charge is 0.352 e. The Morgan fingerprint density at radius 2 is 2.18 bits per heavy atom. The van der Waals surface area contributed by atoms with Crippen molar-refractivity contribution in [2.45, 2.75) is 31.6 Å². The summed E-state index contributed by atoms with van der Waals surface area (Å²) < 4.78 is 38.5. The second-order valence-corrected chi connectivity index (χ2v) is 4.26. The zero-order valence-corrected chi connectivity index (χ0v) is 9.41. The first-order chi connectivity index (χ1) is 7.91. The molecular formula is C11H14F3N3. The molecule has 94 valence electrons. The molecule has 3 nitrogen and oxygen atoms in total. The Hall–Kier alpha value is -1.30. The molecule has 2 unspecified atom stereocenters. The number of hydrogen-bond donors (Lipinski definition) is 1. The van der Waals surface area contributed by atoms with Crippen molar-refractivity contribution in [3.05, 3.63) is 23.9 Å². The number of nitrogens with two attached hydrogens (primary N) is 1. The Morgan fingerprint density at radius 1 is 1.47 bits per heavy atom. The molecule has 0 radical (unpaired) electrons. The van der Waals surface area contributed by atoms with Gasteiger partial charge in [0.25, 0.3) is 0 Å². The fourth-order valence-electron chi connectivity index (χ4n) is 2.11. The fourth-order valence-corrected chi connectivity index (χ4v) is 2.11. The first kappa shape index (κ1) is 12.2. The van der Waals surface area contributed by atoms with Gasteiger partial charge in [-0.15, -0.1) is 0 Å². The van der Waals surface area contributed by atoms with E-state index in [0.717, 1.165) is 6.07 Å². The van der Waals surface area contributed by atoms with E-state index in [0.29, 0.717) is 13.0 Å². The molecule has 2 N–H and O–H groups in total. The highest BCUT2D eigenvalue weighted by molar-refractivity contribution is 5.50. The third-order valence-corrected chi connectivity index (χ3v) is 3.18. The lowest BCUT2D eigenvalue weighted by molar-refractivity contribution is -0.137. The van der Waals surface area contributed by atoms with Gasteiger partial charge in [-0.2, -0.15) is 13.2 Å². The summed E-state index contributed by atoms with van der Waals surface area (Å²) in [5, 5.41) is 0. The third kappa shape index (κ3) is 2.22. The molecule has 1 fully saturated rings. The van der Waals surface area contributed by atoms with Gasteiger partial charge in [-0.1, -0.05) is 0 Å². The summed E-state index contributed by atoms with van der Waals surface area (Å²) in [7, 11) is 0. The van der Waals surface area contributed by atoms with Crippen LogP contribution in [0.4, 0.5) is 19.0 Å². The predicted octanol–water partition coefficient (Wildman–Crippen LogP) is 2.03. The van der Waals surface area contributed by atoms with Crippen LogP contribution in [-0.2, 0) is 6.18 Å². The van der Waals surface area contributed by atoms with Gasteiger partial charge in [0.05, 0.1) is 5.56 Å². The Bertz CT molecular complexity index is 405. The molecule has 0 aliphatic carbocycles. The van der Waals surface area contributed by atoms with Gasteiger partial charge in [0.2, 0.25) is 0 Å². The molecule has 17 heavy (non-hydrogen) atoms. The number of aromatic nitrogens is 1. The predicted molar refractivity (Wildman–Crippen MR) is 58.6 cm³/mol. The quantitative estimate of drug-likeness (QED) is 0.823. The van der Waals surface area contributed by atoms with Crippen LogP contribution in [0.25, 0.3) is 0 Å². The van der Waals surface area contributed by atoms with E-state index in [1.807, 2.05) is 6.92 Å². The van der Waals surface area contributed by atoms with Crippen molar-refractivity contribution >= 4 is 5.82 Å². The highest BCUT2D eigenvalue weighted by atomic mass is 19.4. The van der Waals surface area contributed by atoms with Crippen LogP contribution in [0.3, 0.4) is 0 Å². The van der Waals surface area contributed by atoms with Crippen LogP contribution in [-0.4, -0.2) is 23.6 Å². The van der Waals surface area contributed by atoms with E-state index in [2.05, 4.69) is 4.98 Å². The molecule has 2 atom stereocenters. The number of rotatable bonds is 1. The van der Waals surface area contributed by atoms with Crippen LogP contribution in [0.5, 0.6) is 0 Å². The average molecular weight is 245 g/mol. The van der Waals surface area contributed by atoms with Crippen molar-refractivity contribution in [1.82, 2.24) is 4.98 Å². The third-order valence-electron chi connectivity index (χ3n) is 3.18. The minimum absolute atomic E-state index is 0.0135. The lowest BCUT2D eigenvalue weighted by Gasteiger charge is -2.26. The number of nitrogens with zero attached hydrogens (tertiary/aromatic N) is 2. The largest absolute Gasteiger partial charge is 0.419 e. The van der Waals surface area contributed by atoms with E-state index >= 15 is 0 Å². The molecule has 1 aromatic heterocycles. The van der Waals surface area contributed by atoms with Crippen molar-refractivity contribution in [2.75, 3.05) is 11.4 Å². The molecule has 0 aromatic carbocycles. The van der Waals surface area contributed by atoms with Crippen LogP contribution in [0.15, 0.2) is 18.3 Å². The maximum atomic E-state index is 12.8. The molecule has 1 aromatic rings. The lowest BCUT2D eigenvalue weighted by Crippen LogP contribution is -2.38. The zero-order valence-electron chi connectivity index (χ0n) is 9.41. The SMILES string of the molecule is CC1C(N)CCN1c1ncccc1C(F)(F)F. The Labute approximate surface area is 97.4 Å². The summed E-state index contributed by atoms with van der Waals surface area (Å²) in [4.78, 5) is 5.49. The number of hydrogen-bond acceptors (Lipinski definition) is 3. The second-order valence-electron chi connectivity index (χ2n) is 4.26. The summed E-state index contributed by atoms with van der Waals surface area (Å²) in [5.74, 6) is -0.0135. The van der Waals surface area contributed by atoms with Crippen molar-refractivity contribution in [2.24, 2.45) is 5.73 Å². The molecule has 2 heterocycles. The first-order valence-corrected chi connectivity index (χ1v) is 5.45. The van der Waals surface area contributed by atoms with Crippen LogP contribution in [0.1, 0.15) is 18.9 Å². The van der Waals surface area contributed by atoms with E-state index < -0.39 is 11.7 Å². The van der Waals surface area contributed by atoms with Gasteiger partial charge in [-0.05, 0) is 25.5 Å². The van der Waals surface area contributed by atoms with Gasteiger partial charge in [-0.25, -0.2) is 4.98 Å². The minimum Gasteiger partial charge on any atom is -0.352 e. The summed E-state index contributed by atoms with van der Waals surface area (Å²) in [6.07, 6.45) is -2.31. The number of pyridine rings is 1. The van der Waals surface area contributed by atoms with Gasteiger partial charge < -0.3 is 10.6 Å². The minimum atomic E-state index is -4.38. The molecule has 0 spiro atoms. The molecule has 0 saturated carbocycles. The summed E-state index contributed by atoms with van der Waals surface area (Å²) >= 11 is 0. The van der Waals surface area contributed by atoms with E-state index in [1.54, 1.807) is 4.90 Å². The van der Waals surface area contributed by atoms with Gasteiger partial charge in [0.15, 0.2) is 0 Å². The highest BCUT2D eigenvalue weighted by Crippen LogP contribution is 2.37. The monoisotopic (exact) mass is 245 g/mol. The van der Waals surface area contributed by atoms with Crippen molar-refractivity contribution in [1.29, 1.82) is 0 Å². The molecule has 2 rings (SSSR count).